The Morgan fingerprint density at radius 1 is 1.19 bits per heavy atom. The molecule has 0 aliphatic rings. The molecule has 3 aromatic rings. The molecule has 2 aromatic heterocycles. The first-order valence-corrected chi connectivity index (χ1v) is 6.85. The van der Waals surface area contributed by atoms with Crippen LogP contribution in [0, 0.1) is 13.8 Å². The van der Waals surface area contributed by atoms with Crippen LogP contribution in [-0.4, -0.2) is 16.1 Å². The van der Waals surface area contributed by atoms with Crippen LogP contribution in [0.2, 0.25) is 5.02 Å². The molecule has 0 amide bonds. The van der Waals surface area contributed by atoms with Crippen LogP contribution >= 0.6 is 11.6 Å². The molecule has 4 nitrogen and oxygen atoms in total. The molecular formula is C16H13ClN2O2. The summed E-state index contributed by atoms with van der Waals surface area (Å²) in [4.78, 5) is 10.7. The predicted octanol–water partition coefficient (Wildman–Crippen LogP) is 4.22. The average molecular weight is 301 g/mol. The molecule has 0 aliphatic carbocycles. The lowest BCUT2D eigenvalue weighted by Gasteiger charge is -2.08. The number of aromatic nitrogens is 2. The Bertz CT molecular complexity index is 818. The summed E-state index contributed by atoms with van der Waals surface area (Å²) in [7, 11) is 0. The molecule has 0 bridgehead atoms. The van der Waals surface area contributed by atoms with Crippen molar-refractivity contribution in [3.63, 3.8) is 0 Å². The Kier molecular flexibility index (Phi) is 3.39. The number of carbonyl (C=O) groups excluding carboxylic acids is 1. The quantitative estimate of drug-likeness (QED) is 0.681. The molecule has 0 N–H and O–H groups in total. The van der Waals surface area contributed by atoms with Gasteiger partial charge in [-0.1, -0.05) is 11.6 Å². The first-order chi connectivity index (χ1) is 10.1. The number of furan rings is 1. The molecule has 0 unspecified atom stereocenters. The molecule has 2 heterocycles. The SMILES string of the molecule is Cc1cc(C)n(-c2ccc(-c3ccc(C=O)o3)cc2Cl)n1. The van der Waals surface area contributed by atoms with Crippen molar-refractivity contribution >= 4 is 17.9 Å². The second-order valence-electron chi connectivity index (χ2n) is 4.82. The van der Waals surface area contributed by atoms with Gasteiger partial charge in [-0.25, -0.2) is 4.68 Å². The van der Waals surface area contributed by atoms with Gasteiger partial charge in [-0.15, -0.1) is 0 Å². The summed E-state index contributed by atoms with van der Waals surface area (Å²) in [6.45, 7) is 3.92. The first kappa shape index (κ1) is 13.6. The molecule has 0 radical (unpaired) electrons. The molecule has 0 fully saturated rings. The van der Waals surface area contributed by atoms with Crippen LogP contribution in [0.4, 0.5) is 0 Å². The second kappa shape index (κ2) is 5.22. The second-order valence-corrected chi connectivity index (χ2v) is 5.23. The summed E-state index contributed by atoms with van der Waals surface area (Å²) in [5.74, 6) is 0.905. The number of nitrogens with zero attached hydrogens (tertiary/aromatic N) is 2. The third-order valence-electron chi connectivity index (χ3n) is 3.21. The maximum absolute atomic E-state index is 10.7. The topological polar surface area (TPSA) is 48.0 Å². The third kappa shape index (κ3) is 2.50. The normalized spacial score (nSPS) is 10.8. The van der Waals surface area contributed by atoms with Gasteiger partial charge in [-0.2, -0.15) is 5.10 Å². The molecule has 0 aliphatic heterocycles. The highest BCUT2D eigenvalue weighted by atomic mass is 35.5. The van der Waals surface area contributed by atoms with Crippen LogP contribution < -0.4 is 0 Å². The fourth-order valence-corrected chi connectivity index (χ4v) is 2.54. The van der Waals surface area contributed by atoms with E-state index in [2.05, 4.69) is 5.10 Å². The Balaban J connectivity index is 2.03. The van der Waals surface area contributed by atoms with E-state index in [0.717, 1.165) is 22.6 Å². The van der Waals surface area contributed by atoms with Gasteiger partial charge in [0.15, 0.2) is 12.0 Å². The zero-order chi connectivity index (χ0) is 15.0. The van der Waals surface area contributed by atoms with Gasteiger partial charge in [0, 0.05) is 11.3 Å². The number of benzene rings is 1. The fourth-order valence-electron chi connectivity index (χ4n) is 2.28. The minimum Gasteiger partial charge on any atom is -0.453 e. The van der Waals surface area contributed by atoms with E-state index < -0.39 is 0 Å². The summed E-state index contributed by atoms with van der Waals surface area (Å²) < 4.78 is 7.20. The van der Waals surface area contributed by atoms with Crippen molar-refractivity contribution in [2.75, 3.05) is 0 Å². The van der Waals surface area contributed by atoms with Gasteiger partial charge in [0.25, 0.3) is 0 Å². The lowest BCUT2D eigenvalue weighted by molar-refractivity contribution is 0.110. The summed E-state index contributed by atoms with van der Waals surface area (Å²) in [6, 6.07) is 11.0. The monoisotopic (exact) mass is 300 g/mol. The number of aldehydes is 1. The highest BCUT2D eigenvalue weighted by Crippen LogP contribution is 2.29. The fraction of sp³-hybridized carbons (Fsp3) is 0.125. The van der Waals surface area contributed by atoms with Gasteiger partial charge in [0.2, 0.25) is 0 Å². The van der Waals surface area contributed by atoms with E-state index in [9.17, 15) is 4.79 Å². The van der Waals surface area contributed by atoms with Gasteiger partial charge < -0.3 is 4.42 Å². The van der Waals surface area contributed by atoms with E-state index in [1.807, 2.05) is 32.0 Å². The molecule has 21 heavy (non-hydrogen) atoms. The van der Waals surface area contributed by atoms with E-state index in [1.54, 1.807) is 22.9 Å². The minimum absolute atomic E-state index is 0.295. The molecular weight excluding hydrogens is 288 g/mol. The maximum Gasteiger partial charge on any atom is 0.185 e. The van der Waals surface area contributed by atoms with Crippen molar-refractivity contribution in [3.05, 3.63) is 58.6 Å². The van der Waals surface area contributed by atoms with E-state index >= 15 is 0 Å². The Morgan fingerprint density at radius 3 is 2.57 bits per heavy atom. The van der Waals surface area contributed by atoms with Gasteiger partial charge in [0.05, 0.1) is 16.4 Å². The molecule has 0 atom stereocenters. The average Bonchev–Trinajstić information content (AvgIpc) is 3.05. The van der Waals surface area contributed by atoms with Crippen molar-refractivity contribution in [2.45, 2.75) is 13.8 Å². The van der Waals surface area contributed by atoms with Crippen molar-refractivity contribution in [2.24, 2.45) is 0 Å². The molecule has 3 rings (SSSR count). The minimum atomic E-state index is 0.295. The molecule has 0 saturated carbocycles. The molecule has 0 spiro atoms. The van der Waals surface area contributed by atoms with Gasteiger partial charge >= 0.3 is 0 Å². The molecule has 5 heteroatoms. The lowest BCUT2D eigenvalue weighted by Crippen LogP contribution is -1.99. The van der Waals surface area contributed by atoms with Gasteiger partial charge in [0.1, 0.15) is 5.76 Å². The number of carbonyl (C=O) groups is 1. The largest absolute Gasteiger partial charge is 0.453 e. The smallest absolute Gasteiger partial charge is 0.185 e. The lowest BCUT2D eigenvalue weighted by atomic mass is 10.1. The Hall–Kier alpha value is -2.33. The summed E-state index contributed by atoms with van der Waals surface area (Å²) in [5.41, 5.74) is 3.59. The van der Waals surface area contributed by atoms with Crippen molar-refractivity contribution < 1.29 is 9.21 Å². The van der Waals surface area contributed by atoms with E-state index in [1.165, 1.54) is 0 Å². The molecule has 0 saturated heterocycles. The van der Waals surface area contributed by atoms with Gasteiger partial charge in [-0.3, -0.25) is 4.79 Å². The van der Waals surface area contributed by atoms with Gasteiger partial charge in [-0.05, 0) is 50.2 Å². The number of hydrogen-bond donors (Lipinski definition) is 0. The maximum atomic E-state index is 10.7. The summed E-state index contributed by atoms with van der Waals surface area (Å²) >= 11 is 6.36. The van der Waals surface area contributed by atoms with Crippen molar-refractivity contribution in [3.8, 4) is 17.0 Å². The van der Waals surface area contributed by atoms with E-state index in [4.69, 9.17) is 16.0 Å². The van der Waals surface area contributed by atoms with E-state index in [-0.39, 0.29) is 0 Å². The molecule has 1 aromatic carbocycles. The van der Waals surface area contributed by atoms with Crippen LogP contribution in [-0.2, 0) is 0 Å². The van der Waals surface area contributed by atoms with E-state index in [0.29, 0.717) is 22.8 Å². The van der Waals surface area contributed by atoms with Crippen molar-refractivity contribution in [1.29, 1.82) is 0 Å². The van der Waals surface area contributed by atoms with Crippen LogP contribution in [0.25, 0.3) is 17.0 Å². The standard InChI is InChI=1S/C16H13ClN2O2/c1-10-7-11(2)19(18-10)15-5-3-12(8-14(15)17)16-6-4-13(9-20)21-16/h3-9H,1-2H3. The molecule has 106 valence electrons. The zero-order valence-electron chi connectivity index (χ0n) is 11.6. The van der Waals surface area contributed by atoms with Crippen LogP contribution in [0.5, 0.6) is 0 Å². The Morgan fingerprint density at radius 2 is 2.00 bits per heavy atom. The summed E-state index contributed by atoms with van der Waals surface area (Å²) in [5, 5.41) is 5.00. The number of rotatable bonds is 3. The predicted molar refractivity (Wildman–Crippen MR) is 81.1 cm³/mol. The Labute approximate surface area is 127 Å². The number of halogens is 1. The third-order valence-corrected chi connectivity index (χ3v) is 3.52. The van der Waals surface area contributed by atoms with Crippen LogP contribution in [0.3, 0.4) is 0 Å². The number of hydrogen-bond acceptors (Lipinski definition) is 3. The van der Waals surface area contributed by atoms with Crippen LogP contribution in [0.1, 0.15) is 21.9 Å². The van der Waals surface area contributed by atoms with Crippen molar-refractivity contribution in [1.82, 2.24) is 9.78 Å². The zero-order valence-corrected chi connectivity index (χ0v) is 12.4. The highest BCUT2D eigenvalue weighted by Gasteiger charge is 2.11. The number of aryl methyl sites for hydroxylation is 2. The first-order valence-electron chi connectivity index (χ1n) is 6.47. The highest BCUT2D eigenvalue weighted by molar-refractivity contribution is 6.32. The van der Waals surface area contributed by atoms with Crippen LogP contribution in [0.15, 0.2) is 40.8 Å². The summed E-state index contributed by atoms with van der Waals surface area (Å²) in [6.07, 6.45) is 0.676.